The SMILES string of the molecule is O=C1NCCCN1C1CCCc2ccccc21. The Bertz CT molecular complexity index is 430. The lowest BCUT2D eigenvalue weighted by molar-refractivity contribution is 0.153. The van der Waals surface area contributed by atoms with Crippen molar-refractivity contribution in [3.8, 4) is 0 Å². The van der Waals surface area contributed by atoms with Gasteiger partial charge in [-0.15, -0.1) is 0 Å². The molecule has 1 saturated heterocycles. The molecule has 90 valence electrons. The molecule has 2 amide bonds. The van der Waals surface area contributed by atoms with E-state index >= 15 is 0 Å². The molecule has 1 aliphatic carbocycles. The number of nitrogens with zero attached hydrogens (tertiary/aromatic N) is 1. The van der Waals surface area contributed by atoms with Crippen LogP contribution in [0.3, 0.4) is 0 Å². The summed E-state index contributed by atoms with van der Waals surface area (Å²) in [6, 6.07) is 8.96. The number of carbonyl (C=O) groups excluding carboxylic acids is 1. The van der Waals surface area contributed by atoms with Crippen LogP contribution in [0.5, 0.6) is 0 Å². The third kappa shape index (κ3) is 1.90. The zero-order valence-electron chi connectivity index (χ0n) is 9.98. The number of aryl methyl sites for hydroxylation is 1. The van der Waals surface area contributed by atoms with Crippen LogP contribution in [-0.2, 0) is 6.42 Å². The van der Waals surface area contributed by atoms with Gasteiger partial charge in [0.15, 0.2) is 0 Å². The first-order valence-electron chi connectivity index (χ1n) is 6.48. The maximum atomic E-state index is 11.9. The van der Waals surface area contributed by atoms with Gasteiger partial charge in [-0.05, 0) is 36.8 Å². The monoisotopic (exact) mass is 230 g/mol. The fourth-order valence-corrected chi connectivity index (χ4v) is 3.00. The van der Waals surface area contributed by atoms with Crippen molar-refractivity contribution in [2.45, 2.75) is 31.7 Å². The Balaban J connectivity index is 1.91. The van der Waals surface area contributed by atoms with Crippen LogP contribution >= 0.6 is 0 Å². The number of hydrogen-bond acceptors (Lipinski definition) is 1. The summed E-state index contributed by atoms with van der Waals surface area (Å²) in [6.45, 7) is 1.72. The quantitative estimate of drug-likeness (QED) is 0.789. The molecule has 2 aliphatic rings. The van der Waals surface area contributed by atoms with Gasteiger partial charge in [0.2, 0.25) is 0 Å². The molecular weight excluding hydrogens is 212 g/mol. The van der Waals surface area contributed by atoms with E-state index in [1.807, 2.05) is 4.90 Å². The standard InChI is InChI=1S/C14H18N2O/c17-14-15-9-4-10-16(14)13-8-3-6-11-5-1-2-7-12(11)13/h1-2,5,7,13H,3-4,6,8-10H2,(H,15,17). The van der Waals surface area contributed by atoms with Gasteiger partial charge in [-0.25, -0.2) is 4.79 Å². The van der Waals surface area contributed by atoms with E-state index in [4.69, 9.17) is 0 Å². The van der Waals surface area contributed by atoms with Gasteiger partial charge in [0, 0.05) is 13.1 Å². The number of hydrogen-bond donors (Lipinski definition) is 1. The van der Waals surface area contributed by atoms with E-state index in [0.29, 0.717) is 6.04 Å². The molecule has 1 fully saturated rings. The number of carbonyl (C=O) groups is 1. The summed E-state index contributed by atoms with van der Waals surface area (Å²) in [7, 11) is 0. The van der Waals surface area contributed by atoms with Crippen LogP contribution in [-0.4, -0.2) is 24.0 Å². The van der Waals surface area contributed by atoms with Crippen molar-refractivity contribution < 1.29 is 4.79 Å². The molecule has 3 rings (SSSR count). The summed E-state index contributed by atoms with van der Waals surface area (Å²) >= 11 is 0. The lowest BCUT2D eigenvalue weighted by Gasteiger charge is -2.38. The van der Waals surface area contributed by atoms with Gasteiger partial charge < -0.3 is 10.2 Å². The topological polar surface area (TPSA) is 32.3 Å². The Morgan fingerprint density at radius 2 is 2.12 bits per heavy atom. The molecule has 3 nitrogen and oxygen atoms in total. The second-order valence-corrected chi connectivity index (χ2v) is 4.89. The minimum absolute atomic E-state index is 0.109. The third-order valence-corrected chi connectivity index (χ3v) is 3.83. The van der Waals surface area contributed by atoms with E-state index in [9.17, 15) is 4.79 Å². The zero-order valence-corrected chi connectivity index (χ0v) is 9.98. The van der Waals surface area contributed by atoms with E-state index in [1.54, 1.807) is 0 Å². The number of amides is 2. The Kier molecular flexibility index (Phi) is 2.75. The van der Waals surface area contributed by atoms with Crippen molar-refractivity contribution in [1.29, 1.82) is 0 Å². The molecular formula is C14H18N2O. The van der Waals surface area contributed by atoms with Crippen LogP contribution in [0.1, 0.15) is 36.4 Å². The minimum atomic E-state index is 0.109. The molecule has 0 bridgehead atoms. The summed E-state index contributed by atoms with van der Waals surface area (Å²) in [5.74, 6) is 0. The molecule has 0 radical (unpaired) electrons. The Morgan fingerprint density at radius 1 is 1.24 bits per heavy atom. The highest BCUT2D eigenvalue weighted by molar-refractivity contribution is 5.75. The van der Waals surface area contributed by atoms with Gasteiger partial charge >= 0.3 is 6.03 Å². The van der Waals surface area contributed by atoms with Crippen molar-refractivity contribution in [3.05, 3.63) is 35.4 Å². The highest BCUT2D eigenvalue weighted by Gasteiger charge is 2.30. The van der Waals surface area contributed by atoms with Crippen molar-refractivity contribution in [1.82, 2.24) is 10.2 Å². The average Bonchev–Trinajstić information content (AvgIpc) is 2.39. The fourth-order valence-electron chi connectivity index (χ4n) is 3.00. The highest BCUT2D eigenvalue weighted by atomic mass is 16.2. The lowest BCUT2D eigenvalue weighted by atomic mass is 9.86. The Morgan fingerprint density at radius 3 is 3.00 bits per heavy atom. The van der Waals surface area contributed by atoms with Gasteiger partial charge in [0.05, 0.1) is 6.04 Å². The number of nitrogens with one attached hydrogen (secondary N) is 1. The Labute approximate surface area is 102 Å². The van der Waals surface area contributed by atoms with Crippen LogP contribution < -0.4 is 5.32 Å². The van der Waals surface area contributed by atoms with Crippen molar-refractivity contribution in [3.63, 3.8) is 0 Å². The van der Waals surface area contributed by atoms with E-state index in [-0.39, 0.29) is 6.03 Å². The summed E-state index contributed by atoms with van der Waals surface area (Å²) in [5, 5.41) is 2.95. The van der Waals surface area contributed by atoms with Gasteiger partial charge in [0.25, 0.3) is 0 Å². The second kappa shape index (κ2) is 4.40. The van der Waals surface area contributed by atoms with Crippen molar-refractivity contribution in [2.24, 2.45) is 0 Å². The normalized spacial score (nSPS) is 24.1. The molecule has 1 N–H and O–H groups in total. The summed E-state index contributed by atoms with van der Waals surface area (Å²) < 4.78 is 0. The van der Waals surface area contributed by atoms with Crippen molar-refractivity contribution >= 4 is 6.03 Å². The van der Waals surface area contributed by atoms with Crippen molar-refractivity contribution in [2.75, 3.05) is 13.1 Å². The summed E-state index contributed by atoms with van der Waals surface area (Å²) in [4.78, 5) is 13.9. The molecule has 1 aromatic rings. The molecule has 1 heterocycles. The van der Waals surface area contributed by atoms with Crippen LogP contribution in [0.25, 0.3) is 0 Å². The van der Waals surface area contributed by atoms with E-state index < -0.39 is 0 Å². The van der Waals surface area contributed by atoms with Crippen LogP contribution in [0.15, 0.2) is 24.3 Å². The minimum Gasteiger partial charge on any atom is -0.338 e. The van der Waals surface area contributed by atoms with Gasteiger partial charge in [-0.2, -0.15) is 0 Å². The first-order chi connectivity index (χ1) is 8.36. The van der Waals surface area contributed by atoms with E-state index in [2.05, 4.69) is 29.6 Å². The van der Waals surface area contributed by atoms with Crippen LogP contribution in [0, 0.1) is 0 Å². The van der Waals surface area contributed by atoms with Gasteiger partial charge in [0.1, 0.15) is 0 Å². The third-order valence-electron chi connectivity index (χ3n) is 3.83. The smallest absolute Gasteiger partial charge is 0.317 e. The fraction of sp³-hybridized carbons (Fsp3) is 0.500. The summed E-state index contributed by atoms with van der Waals surface area (Å²) in [5.41, 5.74) is 2.78. The van der Waals surface area contributed by atoms with Crippen LogP contribution in [0.2, 0.25) is 0 Å². The van der Waals surface area contributed by atoms with Crippen LogP contribution in [0.4, 0.5) is 4.79 Å². The van der Waals surface area contributed by atoms with E-state index in [0.717, 1.165) is 32.4 Å². The first-order valence-corrected chi connectivity index (χ1v) is 6.48. The number of urea groups is 1. The predicted octanol–water partition coefficient (Wildman–Crippen LogP) is 2.48. The molecule has 1 aromatic carbocycles. The number of rotatable bonds is 1. The zero-order chi connectivity index (χ0) is 11.7. The molecule has 0 aromatic heterocycles. The van der Waals surface area contributed by atoms with Gasteiger partial charge in [-0.3, -0.25) is 0 Å². The summed E-state index contributed by atoms with van der Waals surface area (Å²) in [6.07, 6.45) is 4.50. The highest BCUT2D eigenvalue weighted by Crippen LogP contribution is 2.34. The van der Waals surface area contributed by atoms with Gasteiger partial charge in [-0.1, -0.05) is 24.3 Å². The number of fused-ring (bicyclic) bond motifs is 1. The molecule has 17 heavy (non-hydrogen) atoms. The molecule has 0 saturated carbocycles. The van der Waals surface area contributed by atoms with E-state index in [1.165, 1.54) is 17.5 Å². The molecule has 1 aliphatic heterocycles. The predicted molar refractivity (Wildman–Crippen MR) is 66.8 cm³/mol. The number of benzene rings is 1. The largest absolute Gasteiger partial charge is 0.338 e. The second-order valence-electron chi connectivity index (χ2n) is 4.89. The maximum Gasteiger partial charge on any atom is 0.317 e. The first kappa shape index (κ1) is 10.6. The molecule has 1 atom stereocenters. The molecule has 1 unspecified atom stereocenters. The lowest BCUT2D eigenvalue weighted by Crippen LogP contribution is -2.48. The maximum absolute atomic E-state index is 11.9. The molecule has 0 spiro atoms. The molecule has 3 heteroatoms. The average molecular weight is 230 g/mol. The Hall–Kier alpha value is -1.51.